The molecule has 1 aromatic heterocycles. The molecule has 0 aliphatic heterocycles. The maximum atomic E-state index is 12.1. The molecule has 0 amide bonds. The number of phenolic OH excluding ortho intramolecular Hbond substituents is 1. The van der Waals surface area contributed by atoms with Gasteiger partial charge >= 0.3 is 12.0 Å². The number of hydrogen-bond acceptors (Lipinski definition) is 14. The smallest absolute Gasteiger partial charge is 0.323 e. The van der Waals surface area contributed by atoms with Gasteiger partial charge in [0, 0.05) is 23.4 Å². The van der Waals surface area contributed by atoms with Crippen molar-refractivity contribution < 1.29 is 45.7 Å². The van der Waals surface area contributed by atoms with Crippen molar-refractivity contribution in [2.24, 2.45) is 10.2 Å². The summed E-state index contributed by atoms with van der Waals surface area (Å²) in [6.07, 6.45) is 0.142. The summed E-state index contributed by atoms with van der Waals surface area (Å²) in [5.41, 5.74) is -0.312. The highest BCUT2D eigenvalue weighted by Gasteiger charge is 2.21. The van der Waals surface area contributed by atoms with E-state index in [1.807, 2.05) is 0 Å². The molecule has 0 aliphatic rings. The van der Waals surface area contributed by atoms with Crippen molar-refractivity contribution in [3.8, 4) is 11.8 Å². The molecule has 0 aliphatic carbocycles. The standard InChI is InChI=1S/C26H26ClN7O10S2/c1-3-44-26-31-24(28-8-4-5-21(35)36)30-25(32-26)29-19-11-15(45(38,39)40)10-14-6-7-17(23(37)22(14)19)33-34-18-12-16(27)13(2)9-20(18)46(41,42)43/h6-7,9-12,37H,3-5,8H2,1-2H3,(H,35,36)(H,38,39,40)(H,41,42,43)(H2,28,29,30,31,32). The number of carboxylic acid groups (broad SMARTS) is 1. The van der Waals surface area contributed by atoms with Crippen LogP contribution in [-0.2, 0) is 25.0 Å². The highest BCUT2D eigenvalue weighted by Crippen LogP contribution is 2.42. The van der Waals surface area contributed by atoms with E-state index in [1.54, 1.807) is 6.92 Å². The number of nitrogens with zero attached hydrogens (tertiary/aromatic N) is 5. The molecule has 244 valence electrons. The average Bonchev–Trinajstić information content (AvgIpc) is 2.95. The third kappa shape index (κ3) is 8.31. The Morgan fingerprint density at radius 1 is 0.978 bits per heavy atom. The molecule has 17 nitrogen and oxygen atoms in total. The number of aryl methyl sites for hydroxylation is 1. The number of phenols is 1. The van der Waals surface area contributed by atoms with E-state index >= 15 is 0 Å². The molecule has 4 aromatic rings. The number of carbonyl (C=O) groups is 1. The number of carboxylic acids is 1. The summed E-state index contributed by atoms with van der Waals surface area (Å²) in [6, 6.07) is 6.81. The number of rotatable bonds is 13. The van der Waals surface area contributed by atoms with E-state index in [-0.39, 0.29) is 76.8 Å². The molecular formula is C26H26ClN7O10S2. The van der Waals surface area contributed by atoms with E-state index in [1.165, 1.54) is 19.1 Å². The zero-order valence-corrected chi connectivity index (χ0v) is 26.4. The molecule has 3 aromatic carbocycles. The Hall–Kier alpha value is -4.69. The molecule has 6 N–H and O–H groups in total. The van der Waals surface area contributed by atoms with E-state index in [9.17, 15) is 35.8 Å². The summed E-state index contributed by atoms with van der Waals surface area (Å²) < 4.78 is 72.8. The maximum absolute atomic E-state index is 12.1. The van der Waals surface area contributed by atoms with Gasteiger partial charge < -0.3 is 25.6 Å². The van der Waals surface area contributed by atoms with Crippen molar-refractivity contribution in [3.63, 3.8) is 0 Å². The van der Waals surface area contributed by atoms with E-state index in [4.69, 9.17) is 21.4 Å². The highest BCUT2D eigenvalue weighted by atomic mass is 35.5. The second-order valence-corrected chi connectivity index (χ2v) is 12.7. The number of aromatic hydroxyl groups is 1. The van der Waals surface area contributed by atoms with Gasteiger partial charge in [0.2, 0.25) is 11.9 Å². The van der Waals surface area contributed by atoms with Crippen LogP contribution >= 0.6 is 11.6 Å². The second kappa shape index (κ2) is 13.7. The Bertz CT molecular complexity index is 2080. The lowest BCUT2D eigenvalue weighted by atomic mass is 10.1. The predicted molar refractivity (Wildman–Crippen MR) is 165 cm³/mol. The number of anilines is 3. The van der Waals surface area contributed by atoms with Gasteiger partial charge in [-0.2, -0.15) is 31.8 Å². The van der Waals surface area contributed by atoms with Crippen LogP contribution in [0.5, 0.6) is 11.8 Å². The van der Waals surface area contributed by atoms with Crippen LogP contribution in [0, 0.1) is 6.92 Å². The topological polar surface area (TPSA) is 263 Å². The molecule has 0 unspecified atom stereocenters. The third-order valence-electron chi connectivity index (χ3n) is 6.11. The van der Waals surface area contributed by atoms with Crippen LogP contribution in [0.4, 0.5) is 29.0 Å². The van der Waals surface area contributed by atoms with Gasteiger partial charge in [-0.15, -0.1) is 10.2 Å². The fraction of sp³-hybridized carbons (Fsp3) is 0.231. The summed E-state index contributed by atoms with van der Waals surface area (Å²) in [5.74, 6) is -1.73. The number of aliphatic carboxylic acids is 1. The summed E-state index contributed by atoms with van der Waals surface area (Å²) in [6.45, 7) is 3.55. The van der Waals surface area contributed by atoms with Crippen LogP contribution in [0.25, 0.3) is 10.8 Å². The molecule has 0 atom stereocenters. The van der Waals surface area contributed by atoms with Gasteiger partial charge in [-0.1, -0.05) is 17.7 Å². The molecule has 0 saturated carbocycles. The first-order valence-electron chi connectivity index (χ1n) is 13.1. The first-order valence-corrected chi connectivity index (χ1v) is 16.4. The van der Waals surface area contributed by atoms with Crippen molar-refractivity contribution >= 4 is 77.5 Å². The molecule has 0 spiro atoms. The van der Waals surface area contributed by atoms with Crippen LogP contribution in [0.3, 0.4) is 0 Å². The van der Waals surface area contributed by atoms with E-state index < -0.39 is 41.7 Å². The minimum absolute atomic E-state index is 0.00770. The summed E-state index contributed by atoms with van der Waals surface area (Å²) >= 11 is 6.11. The van der Waals surface area contributed by atoms with Gasteiger partial charge in [-0.25, -0.2) is 0 Å². The fourth-order valence-corrected chi connectivity index (χ4v) is 5.41. The van der Waals surface area contributed by atoms with E-state index in [2.05, 4.69) is 35.8 Å². The third-order valence-corrected chi connectivity index (χ3v) is 8.23. The highest BCUT2D eigenvalue weighted by molar-refractivity contribution is 7.86. The Morgan fingerprint density at radius 2 is 1.67 bits per heavy atom. The lowest BCUT2D eigenvalue weighted by Crippen LogP contribution is -2.11. The fourth-order valence-electron chi connectivity index (χ4n) is 4.02. The molecule has 0 bridgehead atoms. The van der Waals surface area contributed by atoms with Crippen LogP contribution in [0.15, 0.2) is 56.4 Å². The van der Waals surface area contributed by atoms with Crippen molar-refractivity contribution in [3.05, 3.63) is 47.0 Å². The number of ether oxygens (including phenoxy) is 1. The number of nitrogens with one attached hydrogen (secondary N) is 2. The molecule has 0 fully saturated rings. The lowest BCUT2D eigenvalue weighted by Gasteiger charge is -2.14. The molecule has 20 heteroatoms. The number of azo groups is 1. The van der Waals surface area contributed by atoms with Gasteiger partial charge in [-0.3, -0.25) is 13.9 Å². The Labute approximate surface area is 266 Å². The number of fused-ring (bicyclic) bond motifs is 1. The van der Waals surface area contributed by atoms with Crippen molar-refractivity contribution in [2.75, 3.05) is 23.8 Å². The van der Waals surface area contributed by atoms with Crippen molar-refractivity contribution in [1.82, 2.24) is 15.0 Å². The number of benzene rings is 3. The van der Waals surface area contributed by atoms with Crippen LogP contribution in [0.2, 0.25) is 5.02 Å². The van der Waals surface area contributed by atoms with E-state index in [0.717, 1.165) is 24.3 Å². The zero-order valence-electron chi connectivity index (χ0n) is 24.0. The predicted octanol–water partition coefficient (Wildman–Crippen LogP) is 5.02. The normalized spacial score (nSPS) is 12.0. The van der Waals surface area contributed by atoms with Crippen LogP contribution in [0.1, 0.15) is 25.3 Å². The molecule has 46 heavy (non-hydrogen) atoms. The van der Waals surface area contributed by atoms with E-state index in [0.29, 0.717) is 5.56 Å². The second-order valence-electron chi connectivity index (χ2n) is 9.47. The van der Waals surface area contributed by atoms with Crippen molar-refractivity contribution in [1.29, 1.82) is 0 Å². The quantitative estimate of drug-likeness (QED) is 0.0609. The number of aromatic nitrogens is 3. The summed E-state index contributed by atoms with van der Waals surface area (Å²) in [4.78, 5) is 22.1. The van der Waals surface area contributed by atoms with Crippen molar-refractivity contribution in [2.45, 2.75) is 36.5 Å². The Morgan fingerprint density at radius 3 is 2.33 bits per heavy atom. The van der Waals surface area contributed by atoms with Crippen LogP contribution in [-0.4, -0.2) is 70.2 Å². The summed E-state index contributed by atoms with van der Waals surface area (Å²) in [7, 11) is -9.48. The first-order chi connectivity index (χ1) is 21.6. The molecule has 1 heterocycles. The first kappa shape index (κ1) is 34.2. The Kier molecular flexibility index (Phi) is 10.2. The average molecular weight is 696 g/mol. The Balaban J connectivity index is 1.83. The van der Waals surface area contributed by atoms with Gasteiger partial charge in [0.25, 0.3) is 20.2 Å². The monoisotopic (exact) mass is 695 g/mol. The lowest BCUT2D eigenvalue weighted by molar-refractivity contribution is -0.137. The minimum Gasteiger partial charge on any atom is -0.505 e. The molecule has 4 rings (SSSR count). The zero-order chi connectivity index (χ0) is 33.8. The number of hydrogen-bond donors (Lipinski definition) is 6. The van der Waals surface area contributed by atoms with Crippen LogP contribution < -0.4 is 15.4 Å². The van der Waals surface area contributed by atoms with Gasteiger partial charge in [0.15, 0.2) is 5.75 Å². The molecule has 0 saturated heterocycles. The van der Waals surface area contributed by atoms with Gasteiger partial charge in [0.1, 0.15) is 16.3 Å². The summed E-state index contributed by atoms with van der Waals surface area (Å²) in [5, 5.41) is 33.7. The number of halogens is 1. The largest absolute Gasteiger partial charge is 0.505 e. The maximum Gasteiger partial charge on any atom is 0.323 e. The minimum atomic E-state index is -4.75. The van der Waals surface area contributed by atoms with Gasteiger partial charge in [-0.05, 0) is 61.5 Å². The SMILES string of the molecule is CCOc1nc(NCCCC(=O)O)nc(Nc2cc(S(=O)(=O)O)cc3ccc(N=Nc4cc(Cl)c(C)cc4S(=O)(=O)O)c(O)c23)n1. The molecule has 0 radical (unpaired) electrons. The van der Waals surface area contributed by atoms with Gasteiger partial charge in [0.05, 0.1) is 17.2 Å². The molecular weight excluding hydrogens is 670 g/mol.